The number of nitrogens with zero attached hydrogens (tertiary/aromatic N) is 4. The average molecular weight is 281 g/mol. The fraction of sp³-hybridized carbons (Fsp3) is 0.273. The van der Waals surface area contributed by atoms with Gasteiger partial charge in [0.15, 0.2) is 5.82 Å². The predicted molar refractivity (Wildman–Crippen MR) is 71.8 cm³/mol. The van der Waals surface area contributed by atoms with Crippen molar-refractivity contribution >= 4 is 23.2 Å². The topological polar surface area (TPSA) is 86.8 Å². The Morgan fingerprint density at radius 3 is 2.89 bits per heavy atom. The van der Waals surface area contributed by atoms with Crippen LogP contribution in [0, 0.1) is 0 Å². The highest BCUT2D eigenvalue weighted by Crippen LogP contribution is 2.27. The molecule has 2 aromatic rings. The van der Waals surface area contributed by atoms with Crippen LogP contribution in [0.3, 0.4) is 0 Å². The molecule has 0 atom stereocenters. The number of nitrogens with one attached hydrogen (secondary N) is 2. The number of hydrogen-bond donors (Lipinski definition) is 2. The smallest absolute Gasteiger partial charge is 0.238 e. The van der Waals surface area contributed by atoms with E-state index in [9.17, 15) is 4.79 Å². The molecule has 0 radical (unpaired) electrons. The van der Waals surface area contributed by atoms with Crippen molar-refractivity contribution < 1.29 is 4.79 Å². The third-order valence-electron chi connectivity index (χ3n) is 2.32. The molecule has 2 N–H and O–H groups in total. The number of amides is 1. The fourth-order valence-electron chi connectivity index (χ4n) is 1.58. The molecule has 100 valence electrons. The number of tetrazole rings is 1. The molecule has 0 aliphatic carbocycles. The first kappa shape index (κ1) is 13.4. The molecular formula is C11H13ClN6O. The van der Waals surface area contributed by atoms with E-state index in [4.69, 9.17) is 11.6 Å². The number of carbonyl (C=O) groups excluding carboxylic acids is 1. The van der Waals surface area contributed by atoms with Gasteiger partial charge in [-0.3, -0.25) is 4.79 Å². The Labute approximate surface area is 114 Å². The third kappa shape index (κ3) is 3.49. The molecule has 1 aromatic carbocycles. The average Bonchev–Trinajstić information content (AvgIpc) is 2.81. The fourth-order valence-corrected chi connectivity index (χ4v) is 1.75. The van der Waals surface area contributed by atoms with Crippen molar-refractivity contribution in [1.82, 2.24) is 25.5 Å². The van der Waals surface area contributed by atoms with E-state index in [2.05, 4.69) is 25.9 Å². The zero-order valence-corrected chi connectivity index (χ0v) is 11.3. The van der Waals surface area contributed by atoms with Gasteiger partial charge in [0.2, 0.25) is 5.91 Å². The maximum atomic E-state index is 11.8. The minimum absolute atomic E-state index is 0.138. The number of benzene rings is 1. The lowest BCUT2D eigenvalue weighted by Crippen LogP contribution is -2.27. The van der Waals surface area contributed by atoms with Crippen molar-refractivity contribution in [2.75, 3.05) is 26.0 Å². The van der Waals surface area contributed by atoms with E-state index in [1.54, 1.807) is 23.1 Å². The van der Waals surface area contributed by atoms with Crippen LogP contribution in [-0.2, 0) is 4.79 Å². The van der Waals surface area contributed by atoms with Gasteiger partial charge in [0, 0.05) is 10.6 Å². The minimum atomic E-state index is -0.138. The van der Waals surface area contributed by atoms with E-state index in [-0.39, 0.29) is 12.5 Å². The summed E-state index contributed by atoms with van der Waals surface area (Å²) in [4.78, 5) is 13.6. The summed E-state index contributed by atoms with van der Waals surface area (Å²) < 4.78 is 0. The third-order valence-corrected chi connectivity index (χ3v) is 2.55. The maximum Gasteiger partial charge on any atom is 0.238 e. The zero-order valence-electron chi connectivity index (χ0n) is 10.5. The van der Waals surface area contributed by atoms with Gasteiger partial charge in [-0.15, -0.1) is 5.10 Å². The van der Waals surface area contributed by atoms with E-state index >= 15 is 0 Å². The van der Waals surface area contributed by atoms with Crippen molar-refractivity contribution in [3.05, 3.63) is 23.2 Å². The Morgan fingerprint density at radius 2 is 2.26 bits per heavy atom. The Morgan fingerprint density at radius 1 is 1.47 bits per heavy atom. The number of aromatic nitrogens is 4. The molecule has 19 heavy (non-hydrogen) atoms. The van der Waals surface area contributed by atoms with Crippen molar-refractivity contribution in [3.8, 4) is 11.4 Å². The molecule has 7 nitrogen and oxygen atoms in total. The molecule has 0 unspecified atom stereocenters. The quantitative estimate of drug-likeness (QED) is 0.873. The first-order valence-corrected chi connectivity index (χ1v) is 5.92. The molecule has 2 rings (SSSR count). The van der Waals surface area contributed by atoms with Crippen LogP contribution < -0.4 is 5.32 Å². The lowest BCUT2D eigenvalue weighted by molar-refractivity contribution is -0.116. The highest BCUT2D eigenvalue weighted by atomic mass is 35.5. The standard InChI is InChI=1S/C11H13ClN6O/c1-18(2)6-10(19)13-9-5-7(12)3-4-8(9)11-14-16-17-15-11/h3-5H,6H2,1-2H3,(H,13,19)(H,14,15,16,17). The van der Waals surface area contributed by atoms with Gasteiger partial charge in [-0.25, -0.2) is 5.10 Å². The Balaban J connectivity index is 2.28. The molecule has 0 saturated heterocycles. The number of anilines is 1. The Bertz CT molecular complexity index is 569. The van der Waals surface area contributed by atoms with Gasteiger partial charge in [-0.1, -0.05) is 11.6 Å². The lowest BCUT2D eigenvalue weighted by atomic mass is 10.1. The van der Waals surface area contributed by atoms with E-state index < -0.39 is 0 Å². The zero-order chi connectivity index (χ0) is 13.8. The van der Waals surface area contributed by atoms with Crippen LogP contribution in [0.15, 0.2) is 18.2 Å². The first-order chi connectivity index (χ1) is 9.06. The van der Waals surface area contributed by atoms with E-state index in [0.717, 1.165) is 0 Å². The van der Waals surface area contributed by atoms with Gasteiger partial charge >= 0.3 is 0 Å². The maximum absolute atomic E-state index is 11.8. The molecule has 0 aliphatic heterocycles. The highest BCUT2D eigenvalue weighted by Gasteiger charge is 2.12. The van der Waals surface area contributed by atoms with Crippen molar-refractivity contribution in [2.24, 2.45) is 0 Å². The van der Waals surface area contributed by atoms with Crippen molar-refractivity contribution in [2.45, 2.75) is 0 Å². The largest absolute Gasteiger partial charge is 0.324 e. The van der Waals surface area contributed by atoms with Crippen LogP contribution in [0.2, 0.25) is 5.02 Å². The first-order valence-electron chi connectivity index (χ1n) is 5.54. The number of hydrogen-bond acceptors (Lipinski definition) is 5. The van der Waals surface area contributed by atoms with E-state index in [1.807, 2.05) is 14.1 Å². The molecule has 8 heteroatoms. The summed E-state index contributed by atoms with van der Waals surface area (Å²) in [7, 11) is 3.64. The summed E-state index contributed by atoms with van der Waals surface area (Å²) in [5, 5.41) is 16.8. The molecule has 1 aromatic heterocycles. The normalized spacial score (nSPS) is 10.7. The van der Waals surface area contributed by atoms with Gasteiger partial charge < -0.3 is 10.2 Å². The van der Waals surface area contributed by atoms with Crippen LogP contribution in [-0.4, -0.2) is 52.1 Å². The summed E-state index contributed by atoms with van der Waals surface area (Å²) in [6, 6.07) is 5.11. The van der Waals surface area contributed by atoms with E-state index in [1.165, 1.54) is 0 Å². The number of likely N-dealkylation sites (N-methyl/N-ethyl adjacent to an activating group) is 1. The molecule has 0 aliphatic rings. The molecular weight excluding hydrogens is 268 g/mol. The van der Waals surface area contributed by atoms with Gasteiger partial charge in [0.1, 0.15) is 0 Å². The summed E-state index contributed by atoms with van der Waals surface area (Å²) in [5.74, 6) is 0.331. The van der Waals surface area contributed by atoms with Crippen LogP contribution >= 0.6 is 11.6 Å². The second-order valence-electron chi connectivity index (χ2n) is 4.23. The van der Waals surface area contributed by atoms with Gasteiger partial charge in [-0.05, 0) is 42.7 Å². The second kappa shape index (κ2) is 5.77. The summed E-state index contributed by atoms with van der Waals surface area (Å²) >= 11 is 5.94. The van der Waals surface area contributed by atoms with Crippen LogP contribution in [0.5, 0.6) is 0 Å². The van der Waals surface area contributed by atoms with Crippen LogP contribution in [0.4, 0.5) is 5.69 Å². The number of halogens is 1. The van der Waals surface area contributed by atoms with E-state index in [0.29, 0.717) is 22.1 Å². The SMILES string of the molecule is CN(C)CC(=O)Nc1cc(Cl)ccc1-c1nnn[nH]1. The molecule has 1 amide bonds. The van der Waals surface area contributed by atoms with Gasteiger partial charge in [-0.2, -0.15) is 0 Å². The number of rotatable bonds is 4. The van der Waals surface area contributed by atoms with Gasteiger partial charge in [0.05, 0.1) is 12.2 Å². The molecule has 0 fully saturated rings. The predicted octanol–water partition coefficient (Wildman–Crippen LogP) is 1.02. The number of carbonyl (C=O) groups is 1. The Hall–Kier alpha value is -1.99. The summed E-state index contributed by atoms with van der Waals surface area (Å²) in [5.41, 5.74) is 1.25. The second-order valence-corrected chi connectivity index (χ2v) is 4.66. The number of H-pyrrole nitrogens is 1. The monoisotopic (exact) mass is 280 g/mol. The van der Waals surface area contributed by atoms with Crippen LogP contribution in [0.25, 0.3) is 11.4 Å². The Kier molecular flexibility index (Phi) is 4.08. The van der Waals surface area contributed by atoms with Crippen molar-refractivity contribution in [3.63, 3.8) is 0 Å². The molecule has 0 saturated carbocycles. The lowest BCUT2D eigenvalue weighted by Gasteiger charge is -2.12. The molecule has 1 heterocycles. The van der Waals surface area contributed by atoms with Crippen LogP contribution in [0.1, 0.15) is 0 Å². The highest BCUT2D eigenvalue weighted by molar-refractivity contribution is 6.31. The summed E-state index contributed by atoms with van der Waals surface area (Å²) in [6.45, 7) is 0.278. The number of aromatic amines is 1. The van der Waals surface area contributed by atoms with Crippen molar-refractivity contribution in [1.29, 1.82) is 0 Å². The molecule has 0 spiro atoms. The summed E-state index contributed by atoms with van der Waals surface area (Å²) in [6.07, 6.45) is 0. The minimum Gasteiger partial charge on any atom is -0.324 e. The molecule has 0 bridgehead atoms. The van der Waals surface area contributed by atoms with Gasteiger partial charge in [0.25, 0.3) is 0 Å².